The van der Waals surface area contributed by atoms with E-state index >= 15 is 0 Å². The summed E-state index contributed by atoms with van der Waals surface area (Å²) in [6.45, 7) is 5.61. The monoisotopic (exact) mass is 208 g/mol. The molecule has 0 bridgehead atoms. The summed E-state index contributed by atoms with van der Waals surface area (Å²) in [6, 6.07) is 0. The summed E-state index contributed by atoms with van der Waals surface area (Å²) in [5, 5.41) is 9.41. The fraction of sp³-hybridized carbons (Fsp3) is 0.571. The molecule has 0 saturated carbocycles. The summed E-state index contributed by atoms with van der Waals surface area (Å²) in [7, 11) is 0. The van der Waals surface area contributed by atoms with Crippen molar-refractivity contribution in [3.8, 4) is 0 Å². The van der Waals surface area contributed by atoms with E-state index in [9.17, 15) is 5.11 Å². The van der Waals surface area contributed by atoms with E-state index in [1.54, 1.807) is 13.8 Å². The molecule has 1 nitrogen and oxygen atoms in total. The van der Waals surface area contributed by atoms with Crippen molar-refractivity contribution in [1.29, 1.82) is 0 Å². The third-order valence-electron chi connectivity index (χ3n) is 1.96. The third kappa shape index (κ3) is 13.2. The van der Waals surface area contributed by atoms with E-state index in [1.807, 2.05) is 25.2 Å². The SMILES string of the molecule is C/C=C/C=C/CCCC/C=C/C(C)(C)O. The van der Waals surface area contributed by atoms with Gasteiger partial charge in [-0.1, -0.05) is 36.5 Å². The normalized spacial score (nSPS) is 13.6. The number of hydrogen-bond donors (Lipinski definition) is 1. The van der Waals surface area contributed by atoms with Crippen LogP contribution in [0.5, 0.6) is 0 Å². The third-order valence-corrected chi connectivity index (χ3v) is 1.96. The summed E-state index contributed by atoms with van der Waals surface area (Å²) in [4.78, 5) is 0. The highest BCUT2D eigenvalue weighted by molar-refractivity contribution is 5.00. The minimum atomic E-state index is -0.661. The highest BCUT2D eigenvalue weighted by Crippen LogP contribution is 2.06. The van der Waals surface area contributed by atoms with Gasteiger partial charge in [0.15, 0.2) is 0 Å². The second-order valence-electron chi connectivity index (χ2n) is 4.29. The minimum Gasteiger partial charge on any atom is -0.386 e. The maximum atomic E-state index is 9.41. The van der Waals surface area contributed by atoms with Crippen LogP contribution in [0.15, 0.2) is 36.5 Å². The van der Waals surface area contributed by atoms with E-state index in [2.05, 4.69) is 18.2 Å². The van der Waals surface area contributed by atoms with Gasteiger partial charge in [0.1, 0.15) is 0 Å². The average molecular weight is 208 g/mol. The quantitative estimate of drug-likeness (QED) is 0.381. The van der Waals surface area contributed by atoms with E-state index in [4.69, 9.17) is 0 Å². The Labute approximate surface area is 94.2 Å². The highest BCUT2D eigenvalue weighted by Gasteiger charge is 2.04. The van der Waals surface area contributed by atoms with Crippen LogP contribution in [0.1, 0.15) is 46.5 Å². The Morgan fingerprint density at radius 3 is 2.13 bits per heavy atom. The first-order chi connectivity index (χ1) is 7.06. The Morgan fingerprint density at radius 2 is 1.60 bits per heavy atom. The second kappa shape index (κ2) is 8.49. The molecule has 0 aromatic heterocycles. The number of rotatable bonds is 7. The summed E-state index contributed by atoms with van der Waals surface area (Å²) >= 11 is 0. The van der Waals surface area contributed by atoms with Crippen LogP contribution in [-0.2, 0) is 0 Å². The number of allylic oxidation sites excluding steroid dienone is 5. The maximum absolute atomic E-state index is 9.41. The van der Waals surface area contributed by atoms with Crippen LogP contribution in [0.25, 0.3) is 0 Å². The first-order valence-electron chi connectivity index (χ1n) is 5.74. The van der Waals surface area contributed by atoms with Gasteiger partial charge in [-0.05, 0) is 46.5 Å². The van der Waals surface area contributed by atoms with Crippen LogP contribution < -0.4 is 0 Å². The molecule has 0 aliphatic carbocycles. The van der Waals surface area contributed by atoms with Gasteiger partial charge < -0.3 is 5.11 Å². The van der Waals surface area contributed by atoms with Gasteiger partial charge in [-0.25, -0.2) is 0 Å². The van der Waals surface area contributed by atoms with Gasteiger partial charge in [-0.3, -0.25) is 0 Å². The number of hydrogen-bond acceptors (Lipinski definition) is 1. The van der Waals surface area contributed by atoms with Crippen molar-refractivity contribution < 1.29 is 5.11 Å². The van der Waals surface area contributed by atoms with Crippen molar-refractivity contribution in [2.75, 3.05) is 0 Å². The zero-order chi connectivity index (χ0) is 11.6. The van der Waals surface area contributed by atoms with Crippen LogP contribution in [-0.4, -0.2) is 10.7 Å². The molecular formula is C14H24O. The largest absolute Gasteiger partial charge is 0.386 e. The Balaban J connectivity index is 3.36. The van der Waals surface area contributed by atoms with Gasteiger partial charge in [0.2, 0.25) is 0 Å². The minimum absolute atomic E-state index is 0.661. The van der Waals surface area contributed by atoms with Crippen LogP contribution in [0, 0.1) is 0 Å². The predicted molar refractivity (Wildman–Crippen MR) is 67.9 cm³/mol. The van der Waals surface area contributed by atoms with Crippen molar-refractivity contribution >= 4 is 0 Å². The van der Waals surface area contributed by atoms with Gasteiger partial charge >= 0.3 is 0 Å². The van der Waals surface area contributed by atoms with E-state index in [1.165, 1.54) is 12.8 Å². The molecule has 0 unspecified atom stereocenters. The predicted octanol–water partition coefficient (Wildman–Crippen LogP) is 4.01. The molecule has 15 heavy (non-hydrogen) atoms. The molecule has 0 saturated heterocycles. The molecule has 0 rings (SSSR count). The lowest BCUT2D eigenvalue weighted by Gasteiger charge is -2.09. The molecule has 0 fully saturated rings. The lowest BCUT2D eigenvalue weighted by molar-refractivity contribution is 0.133. The summed E-state index contributed by atoms with van der Waals surface area (Å²) < 4.78 is 0. The van der Waals surface area contributed by atoms with E-state index in [0.29, 0.717) is 0 Å². The van der Waals surface area contributed by atoms with Crippen molar-refractivity contribution in [2.24, 2.45) is 0 Å². The highest BCUT2D eigenvalue weighted by atomic mass is 16.3. The molecule has 0 aromatic rings. The van der Waals surface area contributed by atoms with Crippen LogP contribution in [0.3, 0.4) is 0 Å². The van der Waals surface area contributed by atoms with Crippen molar-refractivity contribution in [3.05, 3.63) is 36.5 Å². The zero-order valence-corrected chi connectivity index (χ0v) is 10.2. The molecule has 0 aliphatic rings. The van der Waals surface area contributed by atoms with E-state index < -0.39 is 5.60 Å². The number of aliphatic hydroxyl groups is 1. The van der Waals surface area contributed by atoms with Gasteiger partial charge in [-0.2, -0.15) is 0 Å². The first kappa shape index (κ1) is 14.2. The lowest BCUT2D eigenvalue weighted by atomic mass is 10.1. The van der Waals surface area contributed by atoms with E-state index in [0.717, 1.165) is 12.8 Å². The maximum Gasteiger partial charge on any atom is 0.0771 e. The second-order valence-corrected chi connectivity index (χ2v) is 4.29. The van der Waals surface area contributed by atoms with Crippen LogP contribution in [0.2, 0.25) is 0 Å². The first-order valence-corrected chi connectivity index (χ1v) is 5.74. The summed E-state index contributed by atoms with van der Waals surface area (Å²) in [5.74, 6) is 0. The summed E-state index contributed by atoms with van der Waals surface area (Å²) in [5.41, 5.74) is -0.661. The van der Waals surface area contributed by atoms with Gasteiger partial charge in [0, 0.05) is 0 Å². The molecule has 86 valence electrons. The zero-order valence-electron chi connectivity index (χ0n) is 10.2. The molecule has 0 amide bonds. The van der Waals surface area contributed by atoms with E-state index in [-0.39, 0.29) is 0 Å². The molecule has 0 spiro atoms. The van der Waals surface area contributed by atoms with Crippen molar-refractivity contribution in [1.82, 2.24) is 0 Å². The molecule has 0 radical (unpaired) electrons. The van der Waals surface area contributed by atoms with Crippen molar-refractivity contribution in [3.63, 3.8) is 0 Å². The lowest BCUT2D eigenvalue weighted by Crippen LogP contribution is -2.13. The van der Waals surface area contributed by atoms with Crippen molar-refractivity contribution in [2.45, 2.75) is 52.1 Å². The Morgan fingerprint density at radius 1 is 1.00 bits per heavy atom. The summed E-state index contributed by atoms with van der Waals surface area (Å²) in [6.07, 6.45) is 16.9. The molecule has 0 aliphatic heterocycles. The molecule has 1 N–H and O–H groups in total. The van der Waals surface area contributed by atoms with Gasteiger partial charge in [0.05, 0.1) is 5.60 Å². The standard InChI is InChI=1S/C14H24O/c1-4-5-6-7-8-9-10-11-12-13-14(2,3)15/h4-7,12-13,15H,8-11H2,1-3H3/b5-4+,7-6+,13-12+. The Bertz CT molecular complexity index is 216. The molecule has 1 heteroatoms. The Kier molecular flexibility index (Phi) is 8.02. The van der Waals surface area contributed by atoms with Gasteiger partial charge in [0.25, 0.3) is 0 Å². The number of unbranched alkanes of at least 4 members (excludes halogenated alkanes) is 3. The molecule has 0 heterocycles. The topological polar surface area (TPSA) is 20.2 Å². The van der Waals surface area contributed by atoms with Gasteiger partial charge in [-0.15, -0.1) is 0 Å². The van der Waals surface area contributed by atoms with Crippen LogP contribution in [0.4, 0.5) is 0 Å². The Hall–Kier alpha value is -0.820. The molecule has 0 aromatic carbocycles. The molecular weight excluding hydrogens is 184 g/mol. The molecule has 0 atom stereocenters. The average Bonchev–Trinajstić information content (AvgIpc) is 2.14. The fourth-order valence-corrected chi connectivity index (χ4v) is 1.18. The smallest absolute Gasteiger partial charge is 0.0771 e. The fourth-order valence-electron chi connectivity index (χ4n) is 1.18. The van der Waals surface area contributed by atoms with Crippen LogP contribution >= 0.6 is 0 Å².